The summed E-state index contributed by atoms with van der Waals surface area (Å²) in [4.78, 5) is 40.1. The number of nitrogens with zero attached hydrogens (tertiary/aromatic N) is 1. The van der Waals surface area contributed by atoms with Gasteiger partial charge in [0.25, 0.3) is 0 Å². The fourth-order valence-corrected chi connectivity index (χ4v) is 5.89. The van der Waals surface area contributed by atoms with Gasteiger partial charge in [0.15, 0.2) is 0 Å². The maximum atomic E-state index is 13.4. The second-order valence-corrected chi connectivity index (χ2v) is 11.9. The second-order valence-electron chi connectivity index (χ2n) is 11.9. The zero-order valence-electron chi connectivity index (χ0n) is 26.3. The molecular formula is C35H53N5O4. The number of unbranched alkanes of at least 4 members (excludes halogenated alkanes) is 4. The van der Waals surface area contributed by atoms with Gasteiger partial charge in [-0.05, 0) is 86.7 Å². The molecule has 0 aliphatic heterocycles. The highest BCUT2D eigenvalue weighted by Crippen LogP contribution is 2.44. The number of hydrogen-bond acceptors (Lipinski definition) is 8. The minimum Gasteiger partial charge on any atom is -0.448 e. The van der Waals surface area contributed by atoms with Gasteiger partial charge in [-0.1, -0.05) is 61.4 Å². The number of ether oxygens (including phenoxy) is 1. The Balaban J connectivity index is 1.54. The van der Waals surface area contributed by atoms with Crippen molar-refractivity contribution in [3.8, 4) is 11.1 Å². The molecule has 0 saturated heterocycles. The first kappa shape index (κ1) is 35.4. The monoisotopic (exact) mass is 607 g/mol. The van der Waals surface area contributed by atoms with E-state index in [4.69, 9.17) is 27.7 Å². The first-order valence-corrected chi connectivity index (χ1v) is 16.4. The van der Waals surface area contributed by atoms with E-state index in [2.05, 4.69) is 24.3 Å². The standard InChI is InChI=1S/C35H53N5O4/c36-21-9-5-17-31(38)33(41)19-7-11-23-40(24-12-8-20-34(42)32(39)18-6-10-22-37)35(43)44-25-30-28-15-3-1-13-26(28)27-14-2-4-16-29(27)30/h1-4,13-16,30-32H,5-12,17-25,36-39H2/t31-,32-/m0/s1. The van der Waals surface area contributed by atoms with Gasteiger partial charge in [0.1, 0.15) is 18.2 Å². The molecule has 9 nitrogen and oxygen atoms in total. The van der Waals surface area contributed by atoms with E-state index in [9.17, 15) is 14.4 Å². The Labute approximate surface area is 263 Å². The third-order valence-corrected chi connectivity index (χ3v) is 8.56. The average molecular weight is 608 g/mol. The highest BCUT2D eigenvalue weighted by molar-refractivity contribution is 5.84. The molecule has 0 aromatic heterocycles. The third kappa shape index (κ3) is 10.8. The number of benzene rings is 2. The molecule has 3 rings (SSSR count). The van der Waals surface area contributed by atoms with Crippen LogP contribution in [0.15, 0.2) is 48.5 Å². The van der Waals surface area contributed by atoms with E-state index >= 15 is 0 Å². The second kappa shape index (κ2) is 19.3. The molecule has 0 fully saturated rings. The SMILES string of the molecule is NCCCC[C@H](N)C(=O)CCCCN(CCCCC(=O)[C@@H](N)CCCCN)C(=O)OCC1c2ccccc2-c2ccccc21. The molecule has 2 aromatic carbocycles. The number of rotatable bonds is 22. The highest BCUT2D eigenvalue weighted by atomic mass is 16.6. The number of hydrogen-bond donors (Lipinski definition) is 4. The summed E-state index contributed by atoms with van der Waals surface area (Å²) in [5.74, 6) is 0.0806. The van der Waals surface area contributed by atoms with E-state index in [1.807, 2.05) is 24.3 Å². The summed E-state index contributed by atoms with van der Waals surface area (Å²) in [7, 11) is 0. The quantitative estimate of drug-likeness (QED) is 0.141. The van der Waals surface area contributed by atoms with Crippen LogP contribution in [0.5, 0.6) is 0 Å². The number of nitrogens with two attached hydrogens (primary N) is 4. The van der Waals surface area contributed by atoms with Gasteiger partial charge >= 0.3 is 6.09 Å². The molecule has 1 amide bonds. The van der Waals surface area contributed by atoms with E-state index in [0.29, 0.717) is 77.5 Å². The molecule has 0 saturated carbocycles. The third-order valence-electron chi connectivity index (χ3n) is 8.56. The molecule has 2 atom stereocenters. The van der Waals surface area contributed by atoms with Crippen LogP contribution in [-0.2, 0) is 14.3 Å². The van der Waals surface area contributed by atoms with Crippen LogP contribution < -0.4 is 22.9 Å². The molecule has 2 aromatic rings. The Bertz CT molecular complexity index is 1110. The normalized spacial score (nSPS) is 13.6. The van der Waals surface area contributed by atoms with Gasteiger partial charge in [0, 0.05) is 31.8 Å². The number of amides is 1. The van der Waals surface area contributed by atoms with Crippen LogP contribution in [0.1, 0.15) is 94.1 Å². The van der Waals surface area contributed by atoms with Crippen molar-refractivity contribution in [1.82, 2.24) is 4.90 Å². The number of carbonyl (C=O) groups excluding carboxylic acids is 3. The van der Waals surface area contributed by atoms with Crippen LogP contribution in [0.2, 0.25) is 0 Å². The van der Waals surface area contributed by atoms with E-state index < -0.39 is 12.1 Å². The highest BCUT2D eigenvalue weighted by Gasteiger charge is 2.29. The summed E-state index contributed by atoms with van der Waals surface area (Å²) in [6, 6.07) is 15.6. The molecule has 0 heterocycles. The van der Waals surface area contributed by atoms with Gasteiger partial charge in [-0.3, -0.25) is 9.59 Å². The molecule has 242 valence electrons. The number of Topliss-reactive ketones (excluding diaryl/α,β-unsaturated/α-hetero) is 2. The molecule has 9 heteroatoms. The van der Waals surface area contributed by atoms with Crippen molar-refractivity contribution in [3.63, 3.8) is 0 Å². The van der Waals surface area contributed by atoms with Gasteiger partial charge in [0.2, 0.25) is 0 Å². The summed E-state index contributed by atoms with van der Waals surface area (Å²) in [6.07, 6.45) is 7.74. The van der Waals surface area contributed by atoms with Gasteiger partial charge < -0.3 is 32.6 Å². The van der Waals surface area contributed by atoms with Crippen molar-refractivity contribution in [2.45, 2.75) is 95.1 Å². The summed E-state index contributed by atoms with van der Waals surface area (Å²) < 4.78 is 5.94. The number of ketones is 2. The maximum Gasteiger partial charge on any atom is 0.409 e. The lowest BCUT2D eigenvalue weighted by Gasteiger charge is -2.24. The zero-order chi connectivity index (χ0) is 31.7. The Morgan fingerprint density at radius 3 is 1.57 bits per heavy atom. The van der Waals surface area contributed by atoms with Crippen molar-refractivity contribution < 1.29 is 19.1 Å². The van der Waals surface area contributed by atoms with Crippen molar-refractivity contribution >= 4 is 17.7 Å². The zero-order valence-corrected chi connectivity index (χ0v) is 26.3. The van der Waals surface area contributed by atoms with Crippen LogP contribution in [0.3, 0.4) is 0 Å². The first-order chi connectivity index (χ1) is 21.4. The fourth-order valence-electron chi connectivity index (χ4n) is 5.89. The van der Waals surface area contributed by atoms with E-state index in [0.717, 1.165) is 36.8 Å². The molecule has 44 heavy (non-hydrogen) atoms. The molecule has 1 aliphatic rings. The minimum atomic E-state index is -0.459. The fraction of sp³-hybridized carbons (Fsp3) is 0.571. The molecular weight excluding hydrogens is 554 g/mol. The summed E-state index contributed by atoms with van der Waals surface area (Å²) in [5.41, 5.74) is 27.9. The number of fused-ring (bicyclic) bond motifs is 3. The van der Waals surface area contributed by atoms with Gasteiger partial charge in [-0.25, -0.2) is 4.79 Å². The summed E-state index contributed by atoms with van der Waals surface area (Å²) in [6.45, 7) is 2.39. The lowest BCUT2D eigenvalue weighted by atomic mass is 9.98. The smallest absolute Gasteiger partial charge is 0.409 e. The van der Waals surface area contributed by atoms with Crippen LogP contribution in [0.4, 0.5) is 4.79 Å². The predicted octanol–water partition coefficient (Wildman–Crippen LogP) is 4.63. The molecule has 0 spiro atoms. The lowest BCUT2D eigenvalue weighted by Crippen LogP contribution is -2.35. The number of carbonyl (C=O) groups is 3. The van der Waals surface area contributed by atoms with E-state index in [1.54, 1.807) is 4.90 Å². The first-order valence-electron chi connectivity index (χ1n) is 16.4. The van der Waals surface area contributed by atoms with Crippen LogP contribution in [-0.4, -0.2) is 67.4 Å². The van der Waals surface area contributed by atoms with Crippen LogP contribution in [0, 0.1) is 0 Å². The molecule has 0 radical (unpaired) electrons. The molecule has 8 N–H and O–H groups in total. The van der Waals surface area contributed by atoms with Crippen molar-refractivity contribution in [1.29, 1.82) is 0 Å². The van der Waals surface area contributed by atoms with Crippen molar-refractivity contribution in [2.75, 3.05) is 32.8 Å². The largest absolute Gasteiger partial charge is 0.448 e. The van der Waals surface area contributed by atoms with Crippen molar-refractivity contribution in [3.05, 3.63) is 59.7 Å². The Morgan fingerprint density at radius 1 is 0.659 bits per heavy atom. The molecule has 1 aliphatic carbocycles. The van der Waals surface area contributed by atoms with Gasteiger partial charge in [-0.15, -0.1) is 0 Å². The maximum absolute atomic E-state index is 13.4. The van der Waals surface area contributed by atoms with E-state index in [1.165, 1.54) is 11.1 Å². The van der Waals surface area contributed by atoms with E-state index in [-0.39, 0.29) is 30.2 Å². The van der Waals surface area contributed by atoms with Crippen molar-refractivity contribution in [2.24, 2.45) is 22.9 Å². The lowest BCUT2D eigenvalue weighted by molar-refractivity contribution is -0.121. The van der Waals surface area contributed by atoms with Crippen LogP contribution in [0.25, 0.3) is 11.1 Å². The van der Waals surface area contributed by atoms with Gasteiger partial charge in [0.05, 0.1) is 12.1 Å². The molecule has 0 unspecified atom stereocenters. The predicted molar refractivity (Wildman–Crippen MR) is 176 cm³/mol. The molecule has 0 bridgehead atoms. The average Bonchev–Trinajstić information content (AvgIpc) is 3.36. The van der Waals surface area contributed by atoms with Gasteiger partial charge in [-0.2, -0.15) is 0 Å². The summed E-state index contributed by atoms with van der Waals surface area (Å²) >= 11 is 0. The Hall–Kier alpha value is -3.11. The Kier molecular flexibility index (Phi) is 15.5. The summed E-state index contributed by atoms with van der Waals surface area (Å²) in [5, 5.41) is 0. The van der Waals surface area contributed by atoms with Crippen LogP contribution >= 0.6 is 0 Å². The topological polar surface area (TPSA) is 168 Å². The minimum absolute atomic E-state index is 0.0232. The Morgan fingerprint density at radius 2 is 1.11 bits per heavy atom.